The van der Waals surface area contributed by atoms with Gasteiger partial charge in [0.15, 0.2) is 0 Å². The molecule has 0 spiro atoms. The number of para-hydroxylation sites is 1. The van der Waals surface area contributed by atoms with Crippen molar-refractivity contribution in [2.45, 2.75) is 31.7 Å². The Labute approximate surface area is 272 Å². The first kappa shape index (κ1) is 32.9. The van der Waals surface area contributed by atoms with E-state index in [0.717, 1.165) is 5.56 Å². The van der Waals surface area contributed by atoms with Crippen molar-refractivity contribution in [3.8, 4) is 5.75 Å². The molecule has 0 aliphatic carbocycles. The van der Waals surface area contributed by atoms with Gasteiger partial charge in [-0.15, -0.1) is 6.58 Å². The number of nitrogens with one attached hydrogen (secondary N) is 3. The third-order valence-electron chi connectivity index (χ3n) is 7.94. The first-order valence-electron chi connectivity index (χ1n) is 15.2. The molecule has 0 unspecified atom stereocenters. The molecule has 1 aliphatic heterocycles. The fraction of sp³-hybridized carbons (Fsp3) is 0.265. The molecule has 6 N–H and O–H groups in total. The Kier molecular flexibility index (Phi) is 10.6. The minimum Gasteiger partial charge on any atom is -0.508 e. The zero-order chi connectivity index (χ0) is 33.3. The summed E-state index contributed by atoms with van der Waals surface area (Å²) in [5.41, 5.74) is 8.98. The van der Waals surface area contributed by atoms with E-state index < -0.39 is 18.2 Å². The fourth-order valence-corrected chi connectivity index (χ4v) is 5.66. The van der Waals surface area contributed by atoms with Crippen LogP contribution in [-0.4, -0.2) is 86.6 Å². The van der Waals surface area contributed by atoms with Crippen molar-refractivity contribution >= 4 is 34.8 Å². The van der Waals surface area contributed by atoms with Gasteiger partial charge in [0.1, 0.15) is 24.3 Å². The molecule has 4 aromatic rings. The van der Waals surface area contributed by atoms with Crippen LogP contribution in [-0.2, 0) is 29.1 Å². The van der Waals surface area contributed by atoms with E-state index in [0.29, 0.717) is 28.7 Å². The number of hydrogen-bond donors (Lipinski definition) is 5. The number of aromatic nitrogens is 2. The minimum atomic E-state index is -0.985. The Hall–Kier alpha value is -5.53. The SMILES string of the molecule is C=CCNCC(=O)N1[C@@H](NC(=O)NCc2ccccc2)CN(Cc2cccc3c2ncn3C(=O)CN)C(=O)[C@@H]1Cc1ccc(O)cc1. The Balaban J connectivity index is 1.48. The lowest BCUT2D eigenvalue weighted by molar-refractivity contribution is -0.156. The lowest BCUT2D eigenvalue weighted by Gasteiger charge is -2.46. The highest BCUT2D eigenvalue weighted by molar-refractivity contribution is 5.93. The van der Waals surface area contributed by atoms with Crippen molar-refractivity contribution < 1.29 is 24.3 Å². The third-order valence-corrected chi connectivity index (χ3v) is 7.94. The standard InChI is InChI=1S/C34H38N8O5/c1-2-15-36-19-31(45)42-28(16-23-11-13-26(43)14-12-23)33(46)40(21-29(42)39-34(47)37-18-24-7-4-3-5-8-24)20-25-9-6-10-27-32(25)38-22-41(27)30(44)17-35/h2-14,22,28-29,36,43H,1,15-21,35H2,(H2,37,39,47)/t28-,29+/m0/s1. The second-order valence-electron chi connectivity index (χ2n) is 11.2. The Morgan fingerprint density at radius 3 is 2.49 bits per heavy atom. The van der Waals surface area contributed by atoms with Crippen LogP contribution >= 0.6 is 0 Å². The fourth-order valence-electron chi connectivity index (χ4n) is 5.66. The van der Waals surface area contributed by atoms with Crippen LogP contribution in [0.2, 0.25) is 0 Å². The molecule has 1 aromatic heterocycles. The second-order valence-corrected chi connectivity index (χ2v) is 11.2. The number of urea groups is 1. The van der Waals surface area contributed by atoms with E-state index in [1.165, 1.54) is 27.9 Å². The van der Waals surface area contributed by atoms with Gasteiger partial charge >= 0.3 is 6.03 Å². The first-order valence-corrected chi connectivity index (χ1v) is 15.2. The number of amides is 4. The summed E-state index contributed by atoms with van der Waals surface area (Å²) in [6.45, 7) is 4.15. The van der Waals surface area contributed by atoms with E-state index in [4.69, 9.17) is 5.73 Å². The van der Waals surface area contributed by atoms with Crippen LogP contribution in [0.4, 0.5) is 4.79 Å². The van der Waals surface area contributed by atoms with Crippen molar-refractivity contribution in [2.24, 2.45) is 5.73 Å². The maximum absolute atomic E-state index is 14.3. The molecule has 13 heteroatoms. The van der Waals surface area contributed by atoms with Gasteiger partial charge in [0.05, 0.1) is 30.7 Å². The van der Waals surface area contributed by atoms with Gasteiger partial charge in [0.25, 0.3) is 0 Å². The van der Waals surface area contributed by atoms with Crippen LogP contribution in [0.15, 0.2) is 91.8 Å². The van der Waals surface area contributed by atoms with Crippen molar-refractivity contribution in [1.29, 1.82) is 0 Å². The van der Waals surface area contributed by atoms with Crippen LogP contribution in [0.5, 0.6) is 5.75 Å². The topological polar surface area (TPSA) is 175 Å². The number of aromatic hydroxyl groups is 1. The summed E-state index contributed by atoms with van der Waals surface area (Å²) in [4.78, 5) is 61.2. The van der Waals surface area contributed by atoms with Crippen LogP contribution in [0.25, 0.3) is 11.0 Å². The van der Waals surface area contributed by atoms with Crippen LogP contribution < -0.4 is 21.7 Å². The number of nitrogens with two attached hydrogens (primary N) is 1. The smallest absolute Gasteiger partial charge is 0.316 e. The highest BCUT2D eigenvalue weighted by Gasteiger charge is 2.43. The first-order chi connectivity index (χ1) is 22.8. The number of phenolic OH excluding ortho intramolecular Hbond substituents is 1. The number of piperazine rings is 1. The van der Waals surface area contributed by atoms with E-state index >= 15 is 0 Å². The third kappa shape index (κ3) is 7.83. The number of phenols is 1. The van der Waals surface area contributed by atoms with E-state index in [2.05, 4.69) is 27.5 Å². The van der Waals surface area contributed by atoms with Crippen molar-refractivity contribution in [2.75, 3.05) is 26.2 Å². The predicted molar refractivity (Wildman–Crippen MR) is 176 cm³/mol. The Morgan fingerprint density at radius 2 is 1.77 bits per heavy atom. The van der Waals surface area contributed by atoms with Gasteiger partial charge in [0.2, 0.25) is 17.7 Å². The molecule has 1 fully saturated rings. The number of rotatable bonds is 12. The van der Waals surface area contributed by atoms with Gasteiger partial charge in [-0.1, -0.05) is 60.7 Å². The predicted octanol–water partition coefficient (Wildman–Crippen LogP) is 1.72. The molecule has 1 saturated heterocycles. The summed E-state index contributed by atoms with van der Waals surface area (Å²) in [6.07, 6.45) is 2.28. The molecule has 3 aromatic carbocycles. The molecule has 0 bridgehead atoms. The van der Waals surface area contributed by atoms with Gasteiger partial charge in [0, 0.05) is 26.1 Å². The van der Waals surface area contributed by atoms with Crippen molar-refractivity contribution in [3.05, 3.63) is 108 Å². The van der Waals surface area contributed by atoms with Crippen LogP contribution in [0.3, 0.4) is 0 Å². The molecule has 47 heavy (non-hydrogen) atoms. The number of carbonyl (C=O) groups is 4. The van der Waals surface area contributed by atoms with Gasteiger partial charge in [-0.2, -0.15) is 0 Å². The van der Waals surface area contributed by atoms with Gasteiger partial charge < -0.3 is 36.6 Å². The molecule has 4 amide bonds. The zero-order valence-corrected chi connectivity index (χ0v) is 25.8. The lowest BCUT2D eigenvalue weighted by Crippen LogP contribution is -2.69. The Bertz CT molecular complexity index is 1740. The number of fused-ring (bicyclic) bond motifs is 1. The molecule has 1 aliphatic rings. The van der Waals surface area contributed by atoms with Crippen LogP contribution in [0, 0.1) is 0 Å². The molecular formula is C34H38N8O5. The number of nitrogens with zero attached hydrogens (tertiary/aromatic N) is 4. The number of imidazole rings is 1. The number of hydrogen-bond acceptors (Lipinski definition) is 8. The van der Waals surface area contributed by atoms with Gasteiger partial charge in [-0.25, -0.2) is 9.78 Å². The van der Waals surface area contributed by atoms with Crippen molar-refractivity contribution in [1.82, 2.24) is 35.3 Å². The number of benzene rings is 3. The summed E-state index contributed by atoms with van der Waals surface area (Å²) < 4.78 is 1.38. The largest absolute Gasteiger partial charge is 0.508 e. The molecule has 5 rings (SSSR count). The quantitative estimate of drug-likeness (QED) is 0.115. The zero-order valence-electron chi connectivity index (χ0n) is 25.8. The Morgan fingerprint density at radius 1 is 1.00 bits per heavy atom. The maximum atomic E-state index is 14.3. The van der Waals surface area contributed by atoms with Crippen LogP contribution in [0.1, 0.15) is 21.5 Å². The average molecular weight is 639 g/mol. The molecule has 2 heterocycles. The maximum Gasteiger partial charge on any atom is 0.316 e. The van der Waals surface area contributed by atoms with E-state index in [1.807, 2.05) is 36.4 Å². The lowest BCUT2D eigenvalue weighted by atomic mass is 9.99. The summed E-state index contributed by atoms with van der Waals surface area (Å²) in [5.74, 6) is -0.953. The summed E-state index contributed by atoms with van der Waals surface area (Å²) in [5, 5.41) is 18.6. The molecule has 0 saturated carbocycles. The summed E-state index contributed by atoms with van der Waals surface area (Å²) in [6, 6.07) is 19.7. The highest BCUT2D eigenvalue weighted by atomic mass is 16.3. The molecule has 13 nitrogen and oxygen atoms in total. The minimum absolute atomic E-state index is 0.00427. The van der Waals surface area contributed by atoms with E-state index in [1.54, 1.807) is 35.2 Å². The monoisotopic (exact) mass is 638 g/mol. The summed E-state index contributed by atoms with van der Waals surface area (Å²) in [7, 11) is 0. The molecular weight excluding hydrogens is 600 g/mol. The number of carbonyl (C=O) groups excluding carboxylic acids is 4. The molecule has 2 atom stereocenters. The second kappa shape index (κ2) is 15.2. The van der Waals surface area contributed by atoms with Gasteiger partial charge in [-0.3, -0.25) is 19.0 Å². The highest BCUT2D eigenvalue weighted by Crippen LogP contribution is 2.25. The van der Waals surface area contributed by atoms with E-state index in [-0.39, 0.29) is 62.6 Å². The van der Waals surface area contributed by atoms with E-state index in [9.17, 15) is 24.3 Å². The molecule has 244 valence electrons. The normalized spacial score (nSPS) is 16.2. The van der Waals surface area contributed by atoms with Gasteiger partial charge in [-0.05, 0) is 34.9 Å². The summed E-state index contributed by atoms with van der Waals surface area (Å²) >= 11 is 0. The molecule has 0 radical (unpaired) electrons. The van der Waals surface area contributed by atoms with Crippen molar-refractivity contribution in [3.63, 3.8) is 0 Å². The average Bonchev–Trinajstić information content (AvgIpc) is 3.52.